The minimum atomic E-state index is -1.87. The smallest absolute Gasteiger partial charge is 0.274 e. The van der Waals surface area contributed by atoms with E-state index in [1.807, 2.05) is 24.4 Å². The van der Waals surface area contributed by atoms with Crippen molar-refractivity contribution in [3.63, 3.8) is 0 Å². The second-order valence-corrected chi connectivity index (χ2v) is 8.06. The summed E-state index contributed by atoms with van der Waals surface area (Å²) in [5, 5.41) is 2.79. The second-order valence-electron chi connectivity index (χ2n) is 8.06. The van der Waals surface area contributed by atoms with Crippen molar-refractivity contribution < 1.29 is 23.0 Å². The highest BCUT2D eigenvalue weighted by atomic mass is 19.2. The summed E-state index contributed by atoms with van der Waals surface area (Å²) >= 11 is 0. The summed E-state index contributed by atoms with van der Waals surface area (Å²) in [5.41, 5.74) is 1.99. The largest absolute Gasteiger partial charge is 0.489 e. The Morgan fingerprint density at radius 1 is 1.28 bits per heavy atom. The molecule has 1 unspecified atom stereocenters. The van der Waals surface area contributed by atoms with Crippen molar-refractivity contribution in [3.05, 3.63) is 53.7 Å². The maximum Gasteiger partial charge on any atom is 0.274 e. The summed E-state index contributed by atoms with van der Waals surface area (Å²) in [6.07, 6.45) is 3.53. The van der Waals surface area contributed by atoms with Crippen molar-refractivity contribution >= 4 is 17.2 Å². The molecule has 1 amide bonds. The number of amides is 1. The number of halogens is 2. The summed E-state index contributed by atoms with van der Waals surface area (Å²) in [6.45, 7) is 4.01. The Kier molecular flexibility index (Phi) is 6.64. The number of alkyl halides is 2. The predicted octanol–water partition coefficient (Wildman–Crippen LogP) is 4.64. The van der Waals surface area contributed by atoms with Gasteiger partial charge < -0.3 is 19.2 Å². The predicted molar refractivity (Wildman–Crippen MR) is 116 cm³/mol. The average molecular weight is 444 g/mol. The van der Waals surface area contributed by atoms with E-state index in [9.17, 15) is 13.6 Å². The van der Waals surface area contributed by atoms with E-state index in [2.05, 4.69) is 10.3 Å². The molecule has 0 radical (unpaired) electrons. The third-order valence-electron chi connectivity index (χ3n) is 5.28. The molecular weight excluding hydrogens is 418 g/mol. The van der Waals surface area contributed by atoms with Crippen LogP contribution >= 0.6 is 0 Å². The number of carbonyl (C=O) groups is 1. The van der Waals surface area contributed by atoms with Gasteiger partial charge in [0.05, 0.1) is 17.5 Å². The summed E-state index contributed by atoms with van der Waals surface area (Å²) < 4.78 is 39.5. The van der Waals surface area contributed by atoms with Gasteiger partial charge in [-0.05, 0) is 38.8 Å². The van der Waals surface area contributed by atoms with Crippen LogP contribution < -0.4 is 10.1 Å². The zero-order chi connectivity index (χ0) is 22.7. The third kappa shape index (κ3) is 4.88. The van der Waals surface area contributed by atoms with E-state index < -0.39 is 18.8 Å². The van der Waals surface area contributed by atoms with Gasteiger partial charge in [-0.25, -0.2) is 18.7 Å². The molecule has 1 saturated heterocycles. The van der Waals surface area contributed by atoms with Crippen molar-refractivity contribution in [2.75, 3.05) is 25.2 Å². The summed E-state index contributed by atoms with van der Waals surface area (Å²) in [4.78, 5) is 21.5. The molecule has 1 atom stereocenters. The van der Waals surface area contributed by atoms with Crippen molar-refractivity contribution in [1.29, 1.82) is 0 Å². The van der Waals surface area contributed by atoms with Gasteiger partial charge >= 0.3 is 0 Å². The topological polar surface area (TPSA) is 77.8 Å². The number of fused-ring (bicyclic) bond motifs is 1. The van der Waals surface area contributed by atoms with Crippen LogP contribution in [0.1, 0.15) is 60.7 Å². The van der Waals surface area contributed by atoms with Gasteiger partial charge in [0.25, 0.3) is 5.91 Å². The van der Waals surface area contributed by atoms with Crippen LogP contribution in [0.2, 0.25) is 0 Å². The van der Waals surface area contributed by atoms with Gasteiger partial charge in [0.1, 0.15) is 29.5 Å². The number of anilines is 1. The van der Waals surface area contributed by atoms with E-state index in [0.717, 1.165) is 31.7 Å². The Morgan fingerprint density at radius 3 is 2.78 bits per heavy atom. The minimum absolute atomic E-state index is 0.0114. The molecule has 1 fully saturated rings. The van der Waals surface area contributed by atoms with Crippen molar-refractivity contribution in [2.24, 2.45) is 0 Å². The molecular formula is C23H26F2N4O3. The van der Waals surface area contributed by atoms with Gasteiger partial charge in [0.15, 0.2) is 6.17 Å². The van der Waals surface area contributed by atoms with Crippen LogP contribution in [-0.4, -0.2) is 46.3 Å². The number of rotatable bonds is 7. The maximum absolute atomic E-state index is 13.7. The average Bonchev–Trinajstić information content (AvgIpc) is 3.21. The van der Waals surface area contributed by atoms with Crippen LogP contribution in [0.4, 0.5) is 14.5 Å². The second kappa shape index (κ2) is 9.60. The van der Waals surface area contributed by atoms with Crippen LogP contribution in [0.25, 0.3) is 5.65 Å². The molecule has 0 aliphatic carbocycles. The summed E-state index contributed by atoms with van der Waals surface area (Å²) in [6, 6.07) is 6.06. The lowest BCUT2D eigenvalue weighted by Gasteiger charge is -2.19. The van der Waals surface area contributed by atoms with Gasteiger partial charge in [0, 0.05) is 37.6 Å². The number of ether oxygens (including phenoxy) is 2. The molecule has 1 aliphatic rings. The molecule has 4 rings (SSSR count). The fourth-order valence-electron chi connectivity index (χ4n) is 3.69. The van der Waals surface area contributed by atoms with Gasteiger partial charge in [-0.3, -0.25) is 4.79 Å². The van der Waals surface area contributed by atoms with Gasteiger partial charge in [0.2, 0.25) is 0 Å². The first-order valence-corrected chi connectivity index (χ1v) is 10.7. The summed E-state index contributed by atoms with van der Waals surface area (Å²) in [7, 11) is 0. The normalized spacial score (nSPS) is 15.8. The minimum Gasteiger partial charge on any atom is -0.489 e. The number of hydrogen-bond donors (Lipinski definition) is 1. The highest BCUT2D eigenvalue weighted by Crippen LogP contribution is 2.31. The third-order valence-corrected chi connectivity index (χ3v) is 5.28. The lowest BCUT2D eigenvalue weighted by Crippen LogP contribution is -2.17. The monoisotopic (exact) mass is 444 g/mol. The van der Waals surface area contributed by atoms with E-state index in [1.165, 1.54) is 18.2 Å². The molecule has 170 valence electrons. The van der Waals surface area contributed by atoms with Crippen LogP contribution in [0.3, 0.4) is 0 Å². The highest BCUT2D eigenvalue weighted by Gasteiger charge is 2.21. The SMILES string of the molecule is CC(C)Oc1cc2nc(C3CCOCC3)cn2cc1NC(=O)c1cccc(C(F)CF)n1. The van der Waals surface area contributed by atoms with Crippen molar-refractivity contribution in [1.82, 2.24) is 14.4 Å². The first kappa shape index (κ1) is 22.1. The number of imidazole rings is 1. The molecule has 0 bridgehead atoms. The first-order chi connectivity index (χ1) is 15.4. The van der Waals surface area contributed by atoms with E-state index >= 15 is 0 Å². The first-order valence-electron chi connectivity index (χ1n) is 10.7. The van der Waals surface area contributed by atoms with Crippen molar-refractivity contribution in [2.45, 2.75) is 44.9 Å². The molecule has 0 aromatic carbocycles. The Balaban J connectivity index is 1.64. The molecule has 1 N–H and O–H groups in total. The fraction of sp³-hybridized carbons (Fsp3) is 0.435. The Labute approximate surface area is 184 Å². The summed E-state index contributed by atoms with van der Waals surface area (Å²) in [5.74, 6) is 0.246. The highest BCUT2D eigenvalue weighted by molar-refractivity contribution is 6.03. The molecule has 32 heavy (non-hydrogen) atoms. The number of pyridine rings is 2. The lowest BCUT2D eigenvalue weighted by molar-refractivity contribution is 0.0846. The number of hydrogen-bond acceptors (Lipinski definition) is 5. The molecule has 4 heterocycles. The van der Waals surface area contributed by atoms with Gasteiger partial charge in [-0.1, -0.05) is 6.07 Å². The Hall–Kier alpha value is -3.07. The standard InChI is InChI=1S/C23H26F2N4O3/c1-14(2)32-21-10-22-27-19(15-6-8-31-9-7-15)12-29(22)13-20(21)28-23(30)18-5-3-4-17(26-18)16(25)11-24/h3-5,10,12-16H,6-9,11H2,1-2H3,(H,28,30). The zero-order valence-electron chi connectivity index (χ0n) is 18.1. The molecule has 0 saturated carbocycles. The van der Waals surface area contributed by atoms with Crippen LogP contribution in [0.5, 0.6) is 5.75 Å². The number of nitrogens with one attached hydrogen (secondary N) is 1. The van der Waals surface area contributed by atoms with E-state index in [4.69, 9.17) is 14.5 Å². The lowest BCUT2D eigenvalue weighted by atomic mass is 9.97. The quantitative estimate of drug-likeness (QED) is 0.574. The maximum atomic E-state index is 13.7. The van der Waals surface area contributed by atoms with E-state index in [-0.39, 0.29) is 17.5 Å². The molecule has 1 aliphatic heterocycles. The number of aromatic nitrogens is 3. The molecule has 9 heteroatoms. The van der Waals surface area contributed by atoms with E-state index in [1.54, 1.807) is 12.3 Å². The number of nitrogens with zero attached hydrogens (tertiary/aromatic N) is 3. The van der Waals surface area contributed by atoms with Crippen LogP contribution in [0, 0.1) is 0 Å². The van der Waals surface area contributed by atoms with Gasteiger partial charge in [-0.15, -0.1) is 0 Å². The van der Waals surface area contributed by atoms with Crippen molar-refractivity contribution in [3.8, 4) is 5.75 Å². The Morgan fingerprint density at radius 2 is 2.06 bits per heavy atom. The molecule has 7 nitrogen and oxygen atoms in total. The zero-order valence-corrected chi connectivity index (χ0v) is 18.1. The molecule has 0 spiro atoms. The fourth-order valence-corrected chi connectivity index (χ4v) is 3.69. The van der Waals surface area contributed by atoms with E-state index in [0.29, 0.717) is 23.0 Å². The Bertz CT molecular complexity index is 1100. The molecule has 3 aromatic rings. The molecule has 3 aromatic heterocycles. The van der Waals surface area contributed by atoms with Gasteiger partial charge in [-0.2, -0.15) is 0 Å². The van der Waals surface area contributed by atoms with Crippen LogP contribution in [-0.2, 0) is 4.74 Å². The number of carbonyl (C=O) groups excluding carboxylic acids is 1. The van der Waals surface area contributed by atoms with Crippen LogP contribution in [0.15, 0.2) is 36.7 Å².